The van der Waals surface area contributed by atoms with E-state index in [4.69, 9.17) is 4.74 Å². The van der Waals surface area contributed by atoms with Gasteiger partial charge in [0.1, 0.15) is 11.6 Å². The molecule has 27 heavy (non-hydrogen) atoms. The van der Waals surface area contributed by atoms with Crippen LogP contribution in [0.25, 0.3) is 0 Å². The van der Waals surface area contributed by atoms with Gasteiger partial charge in [0.15, 0.2) is 5.16 Å². The fourth-order valence-electron chi connectivity index (χ4n) is 2.64. The van der Waals surface area contributed by atoms with Crippen LogP contribution in [-0.2, 0) is 4.79 Å². The van der Waals surface area contributed by atoms with E-state index in [-0.39, 0.29) is 5.91 Å². The Morgan fingerprint density at radius 3 is 2.70 bits per heavy atom. The zero-order valence-electron chi connectivity index (χ0n) is 15.8. The average molecular weight is 388 g/mol. The predicted molar refractivity (Wildman–Crippen MR) is 106 cm³/mol. The van der Waals surface area contributed by atoms with E-state index in [1.165, 1.54) is 11.8 Å². The summed E-state index contributed by atoms with van der Waals surface area (Å²) in [6.45, 7) is 5.72. The lowest BCUT2D eigenvalue weighted by Gasteiger charge is -2.33. The molecule has 1 fully saturated rings. The van der Waals surface area contributed by atoms with Crippen molar-refractivity contribution in [2.24, 2.45) is 0 Å². The number of anilines is 2. The third kappa shape index (κ3) is 5.08. The summed E-state index contributed by atoms with van der Waals surface area (Å²) in [6.07, 6.45) is 2.02. The molecule has 0 aliphatic carbocycles. The van der Waals surface area contributed by atoms with Gasteiger partial charge in [-0.1, -0.05) is 6.92 Å². The summed E-state index contributed by atoms with van der Waals surface area (Å²) in [5.74, 6) is 1.86. The highest BCUT2D eigenvalue weighted by Gasteiger charge is 2.18. The Balaban J connectivity index is 1.75. The average Bonchev–Trinajstić information content (AvgIpc) is 2.69. The molecule has 3 heterocycles. The standard InChI is InChI=1S/C18H24N6O2S/c1-4-16(25)20-14-7-8-19-18(21-14)27-13-5-6-15(22-17(13)26-3)24-11-9-23(2)10-12-24/h5-8H,4,9-12H2,1-3H3,(H,19,20,21,25). The first-order valence-corrected chi connectivity index (χ1v) is 9.70. The molecule has 3 rings (SSSR count). The van der Waals surface area contributed by atoms with E-state index in [9.17, 15) is 4.79 Å². The number of aromatic nitrogens is 3. The van der Waals surface area contributed by atoms with Crippen LogP contribution in [0.1, 0.15) is 13.3 Å². The van der Waals surface area contributed by atoms with E-state index in [0.717, 1.165) is 36.9 Å². The van der Waals surface area contributed by atoms with Crippen LogP contribution in [0.2, 0.25) is 0 Å². The van der Waals surface area contributed by atoms with E-state index in [1.807, 2.05) is 12.1 Å². The van der Waals surface area contributed by atoms with Gasteiger partial charge in [0.2, 0.25) is 11.8 Å². The van der Waals surface area contributed by atoms with Crippen LogP contribution >= 0.6 is 11.8 Å². The van der Waals surface area contributed by atoms with Gasteiger partial charge in [-0.05, 0) is 37.0 Å². The lowest BCUT2D eigenvalue weighted by Crippen LogP contribution is -2.44. The third-order valence-corrected chi connectivity index (χ3v) is 5.16. The molecule has 0 saturated carbocycles. The molecule has 0 bridgehead atoms. The van der Waals surface area contributed by atoms with Gasteiger partial charge in [-0.3, -0.25) is 4.79 Å². The number of piperazine rings is 1. The van der Waals surface area contributed by atoms with Gasteiger partial charge < -0.3 is 19.9 Å². The maximum atomic E-state index is 11.5. The molecule has 0 spiro atoms. The summed E-state index contributed by atoms with van der Waals surface area (Å²) < 4.78 is 5.49. The molecule has 2 aromatic heterocycles. The monoisotopic (exact) mass is 388 g/mol. The number of hydrogen-bond acceptors (Lipinski definition) is 8. The van der Waals surface area contributed by atoms with E-state index >= 15 is 0 Å². The van der Waals surface area contributed by atoms with Crippen LogP contribution in [0.15, 0.2) is 34.4 Å². The summed E-state index contributed by atoms with van der Waals surface area (Å²) >= 11 is 1.36. The number of nitrogens with one attached hydrogen (secondary N) is 1. The first-order chi connectivity index (χ1) is 13.1. The highest BCUT2D eigenvalue weighted by atomic mass is 32.2. The highest BCUT2D eigenvalue weighted by Crippen LogP contribution is 2.33. The van der Waals surface area contributed by atoms with Gasteiger partial charge in [0.05, 0.1) is 12.0 Å². The molecule has 1 N–H and O–H groups in total. The molecule has 0 unspecified atom stereocenters. The van der Waals surface area contributed by atoms with Crippen molar-refractivity contribution in [1.82, 2.24) is 19.9 Å². The van der Waals surface area contributed by atoms with Gasteiger partial charge in [0.25, 0.3) is 0 Å². The van der Waals surface area contributed by atoms with Gasteiger partial charge in [-0.25, -0.2) is 9.97 Å². The molecule has 1 saturated heterocycles. The highest BCUT2D eigenvalue weighted by molar-refractivity contribution is 7.99. The van der Waals surface area contributed by atoms with Crippen molar-refractivity contribution >= 4 is 29.3 Å². The minimum Gasteiger partial charge on any atom is -0.480 e. The number of hydrogen-bond donors (Lipinski definition) is 1. The van der Waals surface area contributed by atoms with Crippen molar-refractivity contribution in [3.63, 3.8) is 0 Å². The maximum Gasteiger partial charge on any atom is 0.229 e. The Morgan fingerprint density at radius 1 is 1.22 bits per heavy atom. The third-order valence-electron chi connectivity index (χ3n) is 4.25. The number of likely N-dealkylation sites (N-methyl/N-ethyl adjacent to an activating group) is 1. The fourth-order valence-corrected chi connectivity index (χ4v) is 3.45. The van der Waals surface area contributed by atoms with E-state index in [0.29, 0.717) is 23.3 Å². The fraction of sp³-hybridized carbons (Fsp3) is 0.444. The molecular weight excluding hydrogens is 364 g/mol. The molecule has 0 aromatic carbocycles. The summed E-state index contributed by atoms with van der Waals surface area (Å²) in [7, 11) is 3.74. The number of amides is 1. The van der Waals surface area contributed by atoms with Crippen LogP contribution in [0.4, 0.5) is 11.6 Å². The molecule has 1 aliphatic heterocycles. The SMILES string of the molecule is CCC(=O)Nc1ccnc(Sc2ccc(N3CCN(C)CC3)nc2OC)n1. The molecular formula is C18H24N6O2S. The number of nitrogens with zero attached hydrogens (tertiary/aromatic N) is 5. The Morgan fingerprint density at radius 2 is 2.00 bits per heavy atom. The number of carbonyl (C=O) groups is 1. The van der Waals surface area contributed by atoms with E-state index < -0.39 is 0 Å². The summed E-state index contributed by atoms with van der Waals surface area (Å²) in [5.41, 5.74) is 0. The number of rotatable bonds is 6. The molecule has 9 heteroatoms. The molecule has 8 nitrogen and oxygen atoms in total. The normalized spacial score (nSPS) is 14.9. The number of methoxy groups -OCH3 is 1. The largest absolute Gasteiger partial charge is 0.480 e. The molecule has 1 amide bonds. The number of carbonyl (C=O) groups excluding carboxylic acids is 1. The minimum atomic E-state index is -0.0829. The lowest BCUT2D eigenvalue weighted by molar-refractivity contribution is -0.115. The zero-order chi connectivity index (χ0) is 19.2. The molecule has 2 aromatic rings. The zero-order valence-corrected chi connectivity index (χ0v) is 16.6. The second-order valence-corrected chi connectivity index (χ2v) is 7.20. The van der Waals surface area contributed by atoms with Gasteiger partial charge in [-0.2, -0.15) is 4.98 Å². The first kappa shape index (κ1) is 19.4. The van der Waals surface area contributed by atoms with E-state index in [1.54, 1.807) is 26.3 Å². The van der Waals surface area contributed by atoms with Crippen LogP contribution in [-0.4, -0.2) is 66.1 Å². The summed E-state index contributed by atoms with van der Waals surface area (Å²) in [5, 5.41) is 3.27. The first-order valence-electron chi connectivity index (χ1n) is 8.88. The van der Waals surface area contributed by atoms with Gasteiger partial charge in [0, 0.05) is 38.8 Å². The van der Waals surface area contributed by atoms with E-state index in [2.05, 4.69) is 37.1 Å². The second-order valence-electron chi connectivity index (χ2n) is 6.20. The topological polar surface area (TPSA) is 83.5 Å². The van der Waals surface area contributed by atoms with Crippen molar-refractivity contribution in [1.29, 1.82) is 0 Å². The number of ether oxygens (including phenoxy) is 1. The molecule has 1 aliphatic rings. The van der Waals surface area contributed by atoms with Crippen LogP contribution < -0.4 is 15.0 Å². The second kappa shape index (κ2) is 9.01. The van der Waals surface area contributed by atoms with Gasteiger partial charge >= 0.3 is 0 Å². The predicted octanol–water partition coefficient (Wildman–Crippen LogP) is 2.13. The smallest absolute Gasteiger partial charge is 0.229 e. The van der Waals surface area contributed by atoms with Gasteiger partial charge in [-0.15, -0.1) is 0 Å². The number of pyridine rings is 1. The summed E-state index contributed by atoms with van der Waals surface area (Å²) in [4.78, 5) is 30.2. The Hall–Kier alpha value is -2.39. The van der Waals surface area contributed by atoms with Crippen molar-refractivity contribution in [2.45, 2.75) is 23.4 Å². The van der Waals surface area contributed by atoms with Crippen molar-refractivity contribution in [3.05, 3.63) is 24.4 Å². The Kier molecular flexibility index (Phi) is 6.46. The molecule has 144 valence electrons. The Bertz CT molecular complexity index is 795. The maximum absolute atomic E-state index is 11.5. The quantitative estimate of drug-likeness (QED) is 0.754. The molecule has 0 atom stereocenters. The lowest BCUT2D eigenvalue weighted by atomic mass is 10.3. The van der Waals surface area contributed by atoms with Crippen LogP contribution in [0.5, 0.6) is 5.88 Å². The van der Waals surface area contributed by atoms with Crippen LogP contribution in [0.3, 0.4) is 0 Å². The van der Waals surface area contributed by atoms with Crippen LogP contribution in [0, 0.1) is 0 Å². The summed E-state index contributed by atoms with van der Waals surface area (Å²) in [6, 6.07) is 5.65. The minimum absolute atomic E-state index is 0.0829. The van der Waals surface area contributed by atoms with Crippen molar-refractivity contribution in [2.75, 3.05) is 50.6 Å². The molecule has 0 radical (unpaired) electrons. The Labute approximate surface area is 163 Å². The van der Waals surface area contributed by atoms with Crippen molar-refractivity contribution < 1.29 is 9.53 Å². The van der Waals surface area contributed by atoms with Crippen molar-refractivity contribution in [3.8, 4) is 5.88 Å².